The van der Waals surface area contributed by atoms with E-state index in [0.717, 1.165) is 17.9 Å². The summed E-state index contributed by atoms with van der Waals surface area (Å²) in [4.78, 5) is 2.63. The maximum Gasteiger partial charge on any atom is 0.0158 e. The molecule has 0 spiro atoms. The number of piperidine rings is 1. The largest absolute Gasteiger partial charge is 0.311 e. The molecule has 1 aliphatic carbocycles. The number of hydrogen-bond acceptors (Lipinski definition) is 2. The Hall–Kier alpha value is -0.0800. The summed E-state index contributed by atoms with van der Waals surface area (Å²) in [5.74, 6) is 1.88. The van der Waals surface area contributed by atoms with Gasteiger partial charge in [-0.3, -0.25) is 4.90 Å². The predicted molar refractivity (Wildman–Crippen MR) is 60.4 cm³/mol. The molecule has 2 heteroatoms. The molecule has 2 fully saturated rings. The van der Waals surface area contributed by atoms with Crippen LogP contribution in [0.5, 0.6) is 0 Å². The van der Waals surface area contributed by atoms with E-state index in [1.807, 2.05) is 0 Å². The minimum absolute atomic E-state index is 0.371. The average Bonchev–Trinajstić information content (AvgIpc) is 2.50. The summed E-state index contributed by atoms with van der Waals surface area (Å²) >= 11 is 0. The third-order valence-corrected chi connectivity index (χ3v) is 3.67. The van der Waals surface area contributed by atoms with Crippen molar-refractivity contribution in [1.82, 2.24) is 10.2 Å². The number of hydrogen-bond donors (Lipinski definition) is 1. The Morgan fingerprint density at radius 3 is 2.00 bits per heavy atom. The Bertz CT molecular complexity index is 205. The van der Waals surface area contributed by atoms with Gasteiger partial charge in [-0.2, -0.15) is 0 Å². The summed E-state index contributed by atoms with van der Waals surface area (Å²) in [6.45, 7) is 14.1. The van der Waals surface area contributed by atoms with Crippen molar-refractivity contribution in [3.05, 3.63) is 0 Å². The molecule has 1 heterocycles. The van der Waals surface area contributed by atoms with Crippen molar-refractivity contribution in [3.63, 3.8) is 0 Å². The Balaban J connectivity index is 1.82. The maximum atomic E-state index is 3.66. The number of nitrogens with zero attached hydrogens (tertiary/aromatic N) is 1. The zero-order valence-electron chi connectivity index (χ0n) is 10.2. The lowest BCUT2D eigenvalue weighted by Gasteiger charge is -2.33. The lowest BCUT2D eigenvalue weighted by Crippen LogP contribution is -2.43. The summed E-state index contributed by atoms with van der Waals surface area (Å²) in [7, 11) is 0. The molecule has 14 heavy (non-hydrogen) atoms. The molecule has 0 bridgehead atoms. The van der Waals surface area contributed by atoms with Gasteiger partial charge in [0.25, 0.3) is 0 Å². The van der Waals surface area contributed by atoms with Gasteiger partial charge in [0.2, 0.25) is 0 Å². The predicted octanol–water partition coefficient (Wildman–Crippen LogP) is 1.71. The van der Waals surface area contributed by atoms with Crippen LogP contribution in [-0.2, 0) is 0 Å². The molecule has 0 amide bonds. The summed E-state index contributed by atoms with van der Waals surface area (Å²) in [5.41, 5.74) is 0.371. The van der Waals surface area contributed by atoms with Crippen LogP contribution in [0.3, 0.4) is 0 Å². The first kappa shape index (κ1) is 10.4. The number of likely N-dealkylation sites (tertiary alicyclic amines) is 1. The summed E-state index contributed by atoms with van der Waals surface area (Å²) in [6, 6.07) is 1.47. The molecule has 1 N–H and O–H groups in total. The number of rotatable bonds is 2. The Labute approximate surface area is 88.1 Å². The smallest absolute Gasteiger partial charge is 0.0158 e. The van der Waals surface area contributed by atoms with E-state index in [2.05, 4.69) is 44.8 Å². The first-order chi connectivity index (χ1) is 6.39. The first-order valence-corrected chi connectivity index (χ1v) is 5.90. The quantitative estimate of drug-likeness (QED) is 0.723. The molecular formula is C12H24N2. The van der Waals surface area contributed by atoms with Crippen LogP contribution in [-0.4, -0.2) is 35.6 Å². The topological polar surface area (TPSA) is 15.3 Å². The molecule has 2 aliphatic rings. The van der Waals surface area contributed by atoms with E-state index in [1.165, 1.54) is 13.1 Å². The monoisotopic (exact) mass is 196 g/mol. The summed E-state index contributed by atoms with van der Waals surface area (Å²) in [5, 5.41) is 3.66. The lowest BCUT2D eigenvalue weighted by molar-refractivity contribution is 0.149. The maximum absolute atomic E-state index is 3.66. The molecule has 2 nitrogen and oxygen atoms in total. The van der Waals surface area contributed by atoms with Crippen LogP contribution >= 0.6 is 0 Å². The van der Waals surface area contributed by atoms with Crippen molar-refractivity contribution in [3.8, 4) is 0 Å². The number of nitrogens with one attached hydrogen (secondary N) is 1. The molecule has 2 rings (SSSR count). The minimum Gasteiger partial charge on any atom is -0.311 e. The zero-order valence-corrected chi connectivity index (χ0v) is 10.2. The van der Waals surface area contributed by atoms with Crippen molar-refractivity contribution < 1.29 is 0 Å². The van der Waals surface area contributed by atoms with Crippen LogP contribution in [0.2, 0.25) is 0 Å². The molecule has 0 aromatic carbocycles. The fourth-order valence-electron chi connectivity index (χ4n) is 2.71. The summed E-state index contributed by atoms with van der Waals surface area (Å²) < 4.78 is 0. The van der Waals surface area contributed by atoms with Crippen molar-refractivity contribution in [2.75, 3.05) is 13.1 Å². The van der Waals surface area contributed by atoms with Crippen LogP contribution < -0.4 is 5.32 Å². The fraction of sp³-hybridized carbons (Fsp3) is 1.00. The van der Waals surface area contributed by atoms with E-state index in [1.54, 1.807) is 0 Å². The highest BCUT2D eigenvalue weighted by Gasteiger charge is 2.56. The van der Waals surface area contributed by atoms with Crippen LogP contribution in [0, 0.1) is 11.8 Å². The minimum atomic E-state index is 0.371. The van der Waals surface area contributed by atoms with Crippen LogP contribution in [0.4, 0.5) is 0 Å². The first-order valence-electron chi connectivity index (χ1n) is 5.90. The van der Waals surface area contributed by atoms with Gasteiger partial charge in [-0.15, -0.1) is 0 Å². The van der Waals surface area contributed by atoms with Crippen molar-refractivity contribution in [2.45, 2.75) is 52.2 Å². The molecule has 0 radical (unpaired) electrons. The normalized spacial score (nSPS) is 37.7. The highest BCUT2D eigenvalue weighted by Crippen LogP contribution is 2.47. The third-order valence-electron chi connectivity index (χ3n) is 3.67. The van der Waals surface area contributed by atoms with Crippen LogP contribution in [0.25, 0.3) is 0 Å². The molecule has 1 saturated carbocycles. The van der Waals surface area contributed by atoms with E-state index in [9.17, 15) is 0 Å². The SMILES string of the molecule is CC(C)NC1C2CN(C(C)(C)C)C[C@@H]21. The standard InChI is InChI=1S/C12H24N2/c1-8(2)13-11-9-6-14(7-10(9)11)12(3,4)5/h8-11,13H,6-7H2,1-5H3/t9-,10?,11?/m0/s1. The van der Waals surface area contributed by atoms with Gasteiger partial charge in [-0.1, -0.05) is 13.8 Å². The molecule has 82 valence electrons. The van der Waals surface area contributed by atoms with Crippen molar-refractivity contribution in [1.29, 1.82) is 0 Å². The molecule has 2 unspecified atom stereocenters. The second kappa shape index (κ2) is 3.21. The second-order valence-electron chi connectivity index (χ2n) is 6.25. The Morgan fingerprint density at radius 1 is 1.14 bits per heavy atom. The van der Waals surface area contributed by atoms with Gasteiger partial charge in [0, 0.05) is 30.7 Å². The molecule has 1 saturated heterocycles. The van der Waals surface area contributed by atoms with Gasteiger partial charge < -0.3 is 5.32 Å². The second-order valence-corrected chi connectivity index (χ2v) is 6.25. The Kier molecular flexibility index (Phi) is 2.39. The molecule has 3 atom stereocenters. The van der Waals surface area contributed by atoms with Gasteiger partial charge in [0.1, 0.15) is 0 Å². The fourth-order valence-corrected chi connectivity index (χ4v) is 2.71. The third kappa shape index (κ3) is 1.82. The van der Waals surface area contributed by atoms with Gasteiger partial charge in [-0.25, -0.2) is 0 Å². The Morgan fingerprint density at radius 2 is 1.64 bits per heavy atom. The summed E-state index contributed by atoms with van der Waals surface area (Å²) in [6.07, 6.45) is 0. The van der Waals surface area contributed by atoms with Gasteiger partial charge >= 0.3 is 0 Å². The zero-order chi connectivity index (χ0) is 10.5. The van der Waals surface area contributed by atoms with E-state index < -0.39 is 0 Å². The lowest BCUT2D eigenvalue weighted by atomic mass is 10.1. The highest BCUT2D eigenvalue weighted by molar-refractivity contribution is 5.12. The number of fused-ring (bicyclic) bond motifs is 1. The van der Waals surface area contributed by atoms with Crippen LogP contribution in [0.1, 0.15) is 34.6 Å². The van der Waals surface area contributed by atoms with Crippen LogP contribution in [0.15, 0.2) is 0 Å². The van der Waals surface area contributed by atoms with Gasteiger partial charge in [-0.05, 0) is 32.6 Å². The van der Waals surface area contributed by atoms with E-state index in [4.69, 9.17) is 0 Å². The molecule has 0 aromatic heterocycles. The average molecular weight is 196 g/mol. The van der Waals surface area contributed by atoms with E-state index in [-0.39, 0.29) is 0 Å². The van der Waals surface area contributed by atoms with Crippen molar-refractivity contribution >= 4 is 0 Å². The van der Waals surface area contributed by atoms with E-state index >= 15 is 0 Å². The molecule has 0 aromatic rings. The van der Waals surface area contributed by atoms with Crippen molar-refractivity contribution in [2.24, 2.45) is 11.8 Å². The van der Waals surface area contributed by atoms with E-state index in [0.29, 0.717) is 11.6 Å². The molecule has 1 aliphatic heterocycles. The van der Waals surface area contributed by atoms with Gasteiger partial charge in [0.15, 0.2) is 0 Å². The molecular weight excluding hydrogens is 172 g/mol. The van der Waals surface area contributed by atoms with Gasteiger partial charge in [0.05, 0.1) is 0 Å². The highest BCUT2D eigenvalue weighted by atomic mass is 15.3.